The number of para-hydroxylation sites is 1. The van der Waals surface area contributed by atoms with Gasteiger partial charge in [-0.1, -0.05) is 18.2 Å². The molecule has 1 amide bonds. The molecule has 5 nitrogen and oxygen atoms in total. The second kappa shape index (κ2) is 7.81. The third-order valence-electron chi connectivity index (χ3n) is 1.84. The van der Waals surface area contributed by atoms with Crippen molar-refractivity contribution in [3.63, 3.8) is 0 Å². The van der Waals surface area contributed by atoms with Crippen LogP contribution in [0.1, 0.15) is 5.56 Å². The van der Waals surface area contributed by atoms with E-state index >= 15 is 0 Å². The van der Waals surface area contributed by atoms with Gasteiger partial charge in [-0.15, -0.1) is 12.6 Å². The molecule has 0 fully saturated rings. The number of carbonyl (C=O) groups is 1. The van der Waals surface area contributed by atoms with Gasteiger partial charge in [0.1, 0.15) is 0 Å². The Hall–Kier alpha value is 0.330. The van der Waals surface area contributed by atoms with Gasteiger partial charge in [-0.05, 0) is 29.7 Å². The number of nitrogens with one attached hydrogen (secondary N) is 1. The smallest absolute Gasteiger partial charge is 0.748 e. The molecule has 0 saturated heterocycles. The number of aryl methyl sites for hydroxylation is 1. The minimum atomic E-state index is -4.12. The quantitative estimate of drug-likeness (QED) is 0.382. The van der Waals surface area contributed by atoms with Crippen molar-refractivity contribution in [3.8, 4) is 0 Å². The molecule has 1 aromatic carbocycles. The molecule has 0 aliphatic carbocycles. The van der Waals surface area contributed by atoms with Crippen molar-refractivity contribution in [2.75, 3.05) is 5.32 Å². The van der Waals surface area contributed by atoms with Gasteiger partial charge < -0.3 is 9.87 Å². The summed E-state index contributed by atoms with van der Waals surface area (Å²) in [5.41, 5.74) is -0.0679. The first-order chi connectivity index (χ1) is 7.79. The van der Waals surface area contributed by atoms with Crippen LogP contribution in [-0.2, 0) is 29.2 Å². The van der Waals surface area contributed by atoms with Gasteiger partial charge in [0.25, 0.3) is 5.91 Å². The van der Waals surface area contributed by atoms with E-state index in [0.717, 1.165) is 5.56 Å². The second-order valence-electron chi connectivity index (χ2n) is 3.16. The summed E-state index contributed by atoms with van der Waals surface area (Å²) in [6.45, 7) is 1.80. The topological polar surface area (TPSA) is 78.5 Å². The minimum Gasteiger partial charge on any atom is -0.748 e. The van der Waals surface area contributed by atoms with Crippen LogP contribution in [0.2, 0.25) is 0 Å². The maximum atomic E-state index is 11.5. The zero-order chi connectivity index (χ0) is 13.1. The zero-order valence-corrected chi connectivity index (χ0v) is 14.3. The van der Waals surface area contributed by atoms with Gasteiger partial charge in [-0.25, -0.2) is 4.21 Å². The van der Waals surface area contributed by atoms with E-state index in [1.807, 2.05) is 6.07 Å². The van der Waals surface area contributed by atoms with Crippen LogP contribution in [0.15, 0.2) is 24.3 Å². The number of rotatable bonds is 4. The predicted molar refractivity (Wildman–Crippen MR) is 70.0 cm³/mol. The molecule has 1 rings (SSSR count). The minimum absolute atomic E-state index is 0. The maximum Gasteiger partial charge on any atom is 1.00 e. The average molecular weight is 315 g/mol. The van der Waals surface area contributed by atoms with Crippen LogP contribution in [0.4, 0.5) is 5.69 Å². The molecule has 0 aromatic heterocycles. The predicted octanol–water partition coefficient (Wildman–Crippen LogP) is -2.00. The number of anilines is 1. The van der Waals surface area contributed by atoms with Crippen molar-refractivity contribution in [3.05, 3.63) is 29.8 Å². The van der Waals surface area contributed by atoms with Gasteiger partial charge in [0.15, 0.2) is 5.44 Å². The van der Waals surface area contributed by atoms with E-state index in [2.05, 4.69) is 33.3 Å². The van der Waals surface area contributed by atoms with Crippen molar-refractivity contribution >= 4 is 44.5 Å². The third-order valence-corrected chi connectivity index (χ3v) is 2.98. The molecule has 0 aliphatic rings. The molecule has 1 N–H and O–H groups in total. The summed E-state index contributed by atoms with van der Waals surface area (Å²) in [5.74, 6) is -0.698. The van der Waals surface area contributed by atoms with Gasteiger partial charge in [-0.2, -0.15) is 0 Å². The van der Waals surface area contributed by atoms with E-state index in [-0.39, 0.29) is 29.6 Å². The molecule has 0 heterocycles. The van der Waals surface area contributed by atoms with Gasteiger partial charge in [0.05, 0.1) is 9.05 Å². The molecule has 18 heavy (non-hydrogen) atoms. The van der Waals surface area contributed by atoms with Crippen LogP contribution < -0.4 is 34.9 Å². The Morgan fingerprint density at radius 2 is 2.11 bits per heavy atom. The Bertz CT molecular complexity index is 520. The van der Waals surface area contributed by atoms with E-state index in [9.17, 15) is 13.6 Å². The van der Waals surface area contributed by atoms with Crippen LogP contribution in [0, 0.1) is 6.92 Å². The van der Waals surface area contributed by atoms with E-state index in [0.29, 0.717) is 5.69 Å². The molecule has 2 unspecified atom stereocenters. The zero-order valence-electron chi connectivity index (χ0n) is 9.78. The fourth-order valence-corrected chi connectivity index (χ4v) is 2.19. The molecular weight excluding hydrogens is 305 g/mol. The number of hydrogen-bond donors (Lipinski definition) is 2. The van der Waals surface area contributed by atoms with Gasteiger partial charge in [-0.3, -0.25) is 8.98 Å². The summed E-state index contributed by atoms with van der Waals surface area (Å²) >= 11 is 7.69. The summed E-state index contributed by atoms with van der Waals surface area (Å²) in [6.07, 6.45) is 0. The maximum absolute atomic E-state index is 11.5. The molecule has 9 heteroatoms. The first kappa shape index (κ1) is 18.3. The molecule has 0 saturated carbocycles. The Kier molecular flexibility index (Phi) is 7.95. The molecule has 0 aliphatic heterocycles. The number of benzene rings is 1. The summed E-state index contributed by atoms with van der Waals surface area (Å²) < 4.78 is 25.5. The second-order valence-corrected chi connectivity index (χ2v) is 5.86. The van der Waals surface area contributed by atoms with Crippen molar-refractivity contribution in [1.82, 2.24) is 0 Å². The van der Waals surface area contributed by atoms with Crippen LogP contribution in [0.25, 0.3) is 0 Å². The van der Waals surface area contributed by atoms with Crippen molar-refractivity contribution < 1.29 is 47.3 Å². The molecule has 0 spiro atoms. The van der Waals surface area contributed by atoms with E-state index in [4.69, 9.17) is 0 Å². The normalized spacial score (nSPS) is 15.1. The van der Waals surface area contributed by atoms with Crippen molar-refractivity contribution in [2.45, 2.75) is 12.4 Å². The number of carbonyl (C=O) groups excluding carboxylic acids is 1. The van der Waals surface area contributed by atoms with Crippen LogP contribution in [0.5, 0.6) is 0 Å². The first-order valence-corrected chi connectivity index (χ1v) is 7.33. The summed E-state index contributed by atoms with van der Waals surface area (Å²) in [5, 5.41) is 2.48. The fraction of sp³-hybridized carbons (Fsp3) is 0.222. The first-order valence-electron chi connectivity index (χ1n) is 4.48. The number of amides is 1. The molecule has 0 radical (unpaired) electrons. The van der Waals surface area contributed by atoms with E-state index in [1.165, 1.54) is 0 Å². The summed E-state index contributed by atoms with van der Waals surface area (Å²) in [6, 6.07) is 7.03. The monoisotopic (exact) mass is 315 g/mol. The largest absolute Gasteiger partial charge is 1.00 e. The fourth-order valence-electron chi connectivity index (χ4n) is 1.06. The molecule has 94 valence electrons. The Labute approximate surface area is 138 Å². The van der Waals surface area contributed by atoms with Gasteiger partial charge in [0, 0.05) is 5.69 Å². The Morgan fingerprint density at radius 1 is 1.56 bits per heavy atom. The van der Waals surface area contributed by atoms with Gasteiger partial charge in [0.2, 0.25) is 0 Å². The average Bonchev–Trinajstić information content (AvgIpc) is 2.18. The summed E-state index contributed by atoms with van der Waals surface area (Å²) in [7, 11) is -4.12. The van der Waals surface area contributed by atoms with Crippen LogP contribution in [-0.4, -0.2) is 20.1 Å². The molecule has 2 atom stereocenters. The van der Waals surface area contributed by atoms with Gasteiger partial charge >= 0.3 is 29.6 Å². The molecule has 0 bridgehead atoms. The Morgan fingerprint density at radius 3 is 2.61 bits per heavy atom. The van der Waals surface area contributed by atoms with Crippen molar-refractivity contribution in [1.29, 1.82) is 0 Å². The van der Waals surface area contributed by atoms with Crippen LogP contribution in [0.3, 0.4) is 0 Å². The van der Waals surface area contributed by atoms with E-state index in [1.54, 1.807) is 25.1 Å². The number of hydrogen-bond acceptors (Lipinski definition) is 6. The molecule has 1 aromatic rings. The SMILES string of the molecule is Cc1ccccc1NC(=O)C(S)OS(=O)([O-])=S.[Na+]. The third kappa shape index (κ3) is 6.48. The van der Waals surface area contributed by atoms with Crippen LogP contribution >= 0.6 is 12.6 Å². The number of thiol groups is 1. The van der Waals surface area contributed by atoms with Crippen molar-refractivity contribution in [2.24, 2.45) is 0 Å². The van der Waals surface area contributed by atoms with E-state index < -0.39 is 20.4 Å². The standard InChI is InChI=1S/C9H11NO4S3.Na/c1-6-4-2-3-5-7(6)10-8(11)9(15)14-17(12,13)16;/h2-5,9,15H,1H3,(H,10,11)(H,12,13,16);/q;+1/p-1. The Balaban J connectivity index is 0.00000289. The molecular formula is C9H10NNaO4S3. The summed E-state index contributed by atoms with van der Waals surface area (Å²) in [4.78, 5) is 11.5.